The molecule has 2 N–H and O–H groups in total. The first-order valence-corrected chi connectivity index (χ1v) is 8.57. The van der Waals surface area contributed by atoms with E-state index in [1.807, 2.05) is 35.2 Å². The number of carbonyl (C=O) groups is 1. The van der Waals surface area contributed by atoms with Gasteiger partial charge in [0.05, 0.1) is 25.9 Å². The van der Waals surface area contributed by atoms with Gasteiger partial charge in [0.2, 0.25) is 5.91 Å². The average molecular weight is 334 g/mol. The van der Waals surface area contributed by atoms with Gasteiger partial charge in [-0.2, -0.15) is 0 Å². The molecule has 2 heterocycles. The van der Waals surface area contributed by atoms with Crippen molar-refractivity contribution < 1.29 is 19.0 Å². The summed E-state index contributed by atoms with van der Waals surface area (Å²) in [5.41, 5.74) is 7.19. The molecular weight excluding hydrogens is 308 g/mol. The quantitative estimate of drug-likeness (QED) is 0.902. The lowest BCUT2D eigenvalue weighted by Gasteiger charge is -2.40. The second-order valence-corrected chi connectivity index (χ2v) is 6.45. The summed E-state index contributed by atoms with van der Waals surface area (Å²) in [5.74, 6) is 0.0547. The van der Waals surface area contributed by atoms with Crippen LogP contribution in [-0.2, 0) is 19.0 Å². The van der Waals surface area contributed by atoms with Crippen LogP contribution in [0.25, 0.3) is 0 Å². The summed E-state index contributed by atoms with van der Waals surface area (Å²) in [4.78, 5) is 13.6. The Morgan fingerprint density at radius 1 is 1.29 bits per heavy atom. The van der Waals surface area contributed by atoms with Crippen LogP contribution in [0, 0.1) is 0 Å². The van der Waals surface area contributed by atoms with E-state index in [1.165, 1.54) is 0 Å². The Hall–Kier alpha value is -1.47. The van der Waals surface area contributed by atoms with E-state index < -0.39 is 0 Å². The van der Waals surface area contributed by atoms with Crippen LogP contribution in [0.4, 0.5) is 0 Å². The first-order valence-electron chi connectivity index (χ1n) is 8.57. The molecule has 0 saturated carbocycles. The van der Waals surface area contributed by atoms with Gasteiger partial charge in [0, 0.05) is 25.1 Å². The van der Waals surface area contributed by atoms with Gasteiger partial charge < -0.3 is 24.8 Å². The summed E-state index contributed by atoms with van der Waals surface area (Å²) in [6.07, 6.45) is 1.40. The Kier molecular flexibility index (Phi) is 5.84. The highest BCUT2D eigenvalue weighted by atomic mass is 16.7. The molecule has 6 nitrogen and oxygen atoms in total. The van der Waals surface area contributed by atoms with Gasteiger partial charge in [-0.25, -0.2) is 0 Å². The van der Waals surface area contributed by atoms with Gasteiger partial charge >= 0.3 is 0 Å². The SMILES string of the molecule is CC(=O)N1CCC[C@H](N)[C@@H]1COC1COC(c2ccccc2)OC1. The Labute approximate surface area is 142 Å². The third-order valence-electron chi connectivity index (χ3n) is 4.68. The summed E-state index contributed by atoms with van der Waals surface area (Å²) >= 11 is 0. The first-order chi connectivity index (χ1) is 11.6. The molecule has 1 aromatic rings. The number of nitrogens with zero attached hydrogens (tertiary/aromatic N) is 1. The van der Waals surface area contributed by atoms with Gasteiger partial charge in [0.1, 0.15) is 6.10 Å². The predicted molar refractivity (Wildman–Crippen MR) is 89.2 cm³/mol. The number of ether oxygens (including phenoxy) is 3. The fourth-order valence-corrected chi connectivity index (χ4v) is 3.31. The topological polar surface area (TPSA) is 74.0 Å². The van der Waals surface area contributed by atoms with Gasteiger partial charge in [-0.1, -0.05) is 30.3 Å². The highest BCUT2D eigenvalue weighted by Gasteiger charge is 2.32. The van der Waals surface area contributed by atoms with E-state index in [9.17, 15) is 4.79 Å². The smallest absolute Gasteiger partial charge is 0.219 e. The van der Waals surface area contributed by atoms with E-state index >= 15 is 0 Å². The fraction of sp³-hybridized carbons (Fsp3) is 0.611. The number of rotatable bonds is 4. The number of benzene rings is 1. The molecule has 0 radical (unpaired) electrons. The zero-order chi connectivity index (χ0) is 16.9. The van der Waals surface area contributed by atoms with Crippen LogP contribution >= 0.6 is 0 Å². The van der Waals surface area contributed by atoms with E-state index in [0.717, 1.165) is 24.9 Å². The standard InChI is InChI=1S/C18H26N2O4/c1-13(21)20-9-5-8-16(19)17(20)12-22-15-10-23-18(24-11-15)14-6-3-2-4-7-14/h2-4,6-7,15-18H,5,8-12,19H2,1H3/t15?,16-,17-,18?/m0/s1. The van der Waals surface area contributed by atoms with Crippen molar-refractivity contribution in [1.82, 2.24) is 4.90 Å². The highest BCUT2D eigenvalue weighted by molar-refractivity contribution is 5.73. The average Bonchev–Trinajstić information content (AvgIpc) is 2.61. The Morgan fingerprint density at radius 2 is 2.00 bits per heavy atom. The summed E-state index contributed by atoms with van der Waals surface area (Å²) in [5, 5.41) is 0. The lowest BCUT2D eigenvalue weighted by molar-refractivity contribution is -0.233. The summed E-state index contributed by atoms with van der Waals surface area (Å²) in [6.45, 7) is 3.71. The number of piperidine rings is 1. The number of hydrogen-bond acceptors (Lipinski definition) is 5. The molecular formula is C18H26N2O4. The van der Waals surface area contributed by atoms with Gasteiger partial charge in [-0.05, 0) is 12.8 Å². The van der Waals surface area contributed by atoms with Crippen molar-refractivity contribution in [2.75, 3.05) is 26.4 Å². The maximum atomic E-state index is 11.8. The molecule has 24 heavy (non-hydrogen) atoms. The first kappa shape index (κ1) is 17.4. The molecule has 0 aromatic heterocycles. The van der Waals surface area contributed by atoms with Crippen molar-refractivity contribution >= 4 is 5.91 Å². The molecule has 0 aliphatic carbocycles. The molecule has 6 heteroatoms. The number of amides is 1. The number of hydrogen-bond donors (Lipinski definition) is 1. The van der Waals surface area contributed by atoms with E-state index in [0.29, 0.717) is 19.8 Å². The van der Waals surface area contributed by atoms with Crippen LogP contribution < -0.4 is 5.73 Å². The molecule has 1 amide bonds. The third-order valence-corrected chi connectivity index (χ3v) is 4.68. The van der Waals surface area contributed by atoms with Crippen LogP contribution in [-0.4, -0.2) is 55.4 Å². The minimum Gasteiger partial charge on any atom is -0.371 e. The van der Waals surface area contributed by atoms with Crippen LogP contribution in [0.3, 0.4) is 0 Å². The molecule has 3 rings (SSSR count). The van der Waals surface area contributed by atoms with Crippen LogP contribution in [0.5, 0.6) is 0 Å². The molecule has 2 saturated heterocycles. The Morgan fingerprint density at radius 3 is 2.67 bits per heavy atom. The van der Waals surface area contributed by atoms with E-state index in [-0.39, 0.29) is 30.4 Å². The molecule has 1 aromatic carbocycles. The maximum absolute atomic E-state index is 11.8. The van der Waals surface area contributed by atoms with Crippen LogP contribution in [0.1, 0.15) is 31.6 Å². The normalized spacial score (nSPS) is 31.0. The Balaban J connectivity index is 1.48. The van der Waals surface area contributed by atoms with Crippen LogP contribution in [0.2, 0.25) is 0 Å². The minimum atomic E-state index is -0.336. The molecule has 0 bridgehead atoms. The fourth-order valence-electron chi connectivity index (χ4n) is 3.31. The van der Waals surface area contributed by atoms with Crippen molar-refractivity contribution in [2.24, 2.45) is 5.73 Å². The predicted octanol–water partition coefficient (Wildman–Crippen LogP) is 1.46. The van der Waals surface area contributed by atoms with Crippen molar-refractivity contribution in [3.8, 4) is 0 Å². The molecule has 2 aliphatic heterocycles. The van der Waals surface area contributed by atoms with E-state index in [2.05, 4.69) is 0 Å². The van der Waals surface area contributed by atoms with Gasteiger partial charge in [-0.15, -0.1) is 0 Å². The molecule has 0 unspecified atom stereocenters. The van der Waals surface area contributed by atoms with E-state index in [1.54, 1.807) is 6.92 Å². The molecule has 2 fully saturated rings. The number of likely N-dealkylation sites (tertiary alicyclic amines) is 1. The van der Waals surface area contributed by atoms with Crippen molar-refractivity contribution in [1.29, 1.82) is 0 Å². The minimum absolute atomic E-state index is 0.0369. The lowest BCUT2D eigenvalue weighted by atomic mass is 9.97. The van der Waals surface area contributed by atoms with E-state index in [4.69, 9.17) is 19.9 Å². The monoisotopic (exact) mass is 334 g/mol. The zero-order valence-corrected chi connectivity index (χ0v) is 14.1. The second kappa shape index (κ2) is 8.07. The van der Waals surface area contributed by atoms with Gasteiger partial charge in [0.15, 0.2) is 6.29 Å². The number of nitrogens with two attached hydrogens (primary N) is 1. The molecule has 2 aliphatic rings. The van der Waals surface area contributed by atoms with Crippen molar-refractivity contribution in [2.45, 2.75) is 44.2 Å². The zero-order valence-electron chi connectivity index (χ0n) is 14.1. The second-order valence-electron chi connectivity index (χ2n) is 6.45. The summed E-state index contributed by atoms with van der Waals surface area (Å²) in [7, 11) is 0. The lowest BCUT2D eigenvalue weighted by Crippen LogP contribution is -2.56. The van der Waals surface area contributed by atoms with Gasteiger partial charge in [-0.3, -0.25) is 4.79 Å². The molecule has 132 valence electrons. The van der Waals surface area contributed by atoms with Gasteiger partial charge in [0.25, 0.3) is 0 Å². The summed E-state index contributed by atoms with van der Waals surface area (Å²) < 4.78 is 17.5. The maximum Gasteiger partial charge on any atom is 0.219 e. The van der Waals surface area contributed by atoms with Crippen LogP contribution in [0.15, 0.2) is 30.3 Å². The summed E-state index contributed by atoms with van der Waals surface area (Å²) in [6, 6.07) is 9.76. The number of carbonyl (C=O) groups excluding carboxylic acids is 1. The third kappa shape index (κ3) is 4.13. The molecule has 2 atom stereocenters. The molecule has 0 spiro atoms. The Bertz CT molecular complexity index is 531. The van der Waals surface area contributed by atoms with Crippen molar-refractivity contribution in [3.63, 3.8) is 0 Å². The highest BCUT2D eigenvalue weighted by Crippen LogP contribution is 2.24. The largest absolute Gasteiger partial charge is 0.371 e. The van der Waals surface area contributed by atoms with Crippen molar-refractivity contribution in [3.05, 3.63) is 35.9 Å².